The van der Waals surface area contributed by atoms with Crippen molar-refractivity contribution in [3.63, 3.8) is 0 Å². The van der Waals surface area contributed by atoms with Crippen LogP contribution in [0.3, 0.4) is 0 Å². The van der Waals surface area contributed by atoms with Crippen LogP contribution in [0.5, 0.6) is 0 Å². The van der Waals surface area contributed by atoms with Crippen molar-refractivity contribution in [1.29, 1.82) is 0 Å². The number of hydrogen-bond donors (Lipinski definition) is 0. The van der Waals surface area contributed by atoms with Crippen LogP contribution in [0.2, 0.25) is 0 Å². The zero-order valence-corrected chi connectivity index (χ0v) is 19.5. The van der Waals surface area contributed by atoms with Crippen LogP contribution >= 0.6 is 0 Å². The summed E-state index contributed by atoms with van der Waals surface area (Å²) in [7, 11) is 0. The highest BCUT2D eigenvalue weighted by Gasteiger charge is 2.47. The highest BCUT2D eigenvalue weighted by molar-refractivity contribution is 5.77. The van der Waals surface area contributed by atoms with Crippen molar-refractivity contribution in [2.75, 3.05) is 6.61 Å². The molecular formula is C30H30N2O2. The smallest absolute Gasteiger partial charge is 0.309 e. The quantitative estimate of drug-likeness (QED) is 0.174. The van der Waals surface area contributed by atoms with E-state index < -0.39 is 5.54 Å². The minimum absolute atomic E-state index is 0.0835. The molecule has 3 aromatic carbocycles. The Morgan fingerprint density at radius 3 is 1.94 bits per heavy atom. The van der Waals surface area contributed by atoms with E-state index in [1.54, 1.807) is 0 Å². The van der Waals surface area contributed by atoms with E-state index in [0.717, 1.165) is 41.6 Å². The van der Waals surface area contributed by atoms with E-state index in [4.69, 9.17) is 9.72 Å². The zero-order chi connectivity index (χ0) is 23.4. The van der Waals surface area contributed by atoms with Crippen LogP contribution in [0.15, 0.2) is 104 Å². The molecule has 2 atom stereocenters. The van der Waals surface area contributed by atoms with Gasteiger partial charge in [0.15, 0.2) is 0 Å². The van der Waals surface area contributed by atoms with Crippen molar-refractivity contribution in [3.05, 3.63) is 126 Å². The van der Waals surface area contributed by atoms with E-state index in [9.17, 15) is 4.79 Å². The summed E-state index contributed by atoms with van der Waals surface area (Å²) in [6.45, 7) is 2.60. The lowest BCUT2D eigenvalue weighted by Gasteiger charge is -2.37. The number of carbonyl (C=O) groups excluding carboxylic acids is 1. The number of benzene rings is 3. The summed E-state index contributed by atoms with van der Waals surface area (Å²) >= 11 is 0. The molecule has 1 aliphatic carbocycles. The number of aromatic nitrogens is 2. The third-order valence-corrected chi connectivity index (χ3v) is 6.78. The fraction of sp³-hybridized carbons (Fsp3) is 0.267. The summed E-state index contributed by atoms with van der Waals surface area (Å²) in [5.41, 5.74) is 3.83. The van der Waals surface area contributed by atoms with Gasteiger partial charge in [-0.05, 0) is 29.5 Å². The molecule has 0 saturated heterocycles. The second-order valence-electron chi connectivity index (χ2n) is 8.98. The van der Waals surface area contributed by atoms with Crippen molar-refractivity contribution in [3.8, 4) is 0 Å². The van der Waals surface area contributed by atoms with Crippen LogP contribution in [-0.2, 0) is 15.1 Å². The second kappa shape index (κ2) is 9.68. The molecule has 4 aromatic rings. The Labute approximate surface area is 201 Å². The first-order valence-corrected chi connectivity index (χ1v) is 12.1. The van der Waals surface area contributed by atoms with Crippen molar-refractivity contribution in [2.24, 2.45) is 5.92 Å². The fourth-order valence-corrected chi connectivity index (χ4v) is 4.90. The standard InChI is InChI=1S/C30H30N2O2/c1-2-3-19-34-29(33)27-20-26(27)28-21-32(22-31-28)30(23-13-7-4-8-14-23,24-15-9-5-10-16-24)25-17-11-6-12-18-25/h4-18,21-22,26-27H,2-3,19-20H2,1H3/t26-,27-/m0/s1. The van der Waals surface area contributed by atoms with E-state index in [1.807, 2.05) is 24.5 Å². The summed E-state index contributed by atoms with van der Waals surface area (Å²) < 4.78 is 7.68. The summed E-state index contributed by atoms with van der Waals surface area (Å²) in [4.78, 5) is 17.3. The Morgan fingerprint density at radius 1 is 0.912 bits per heavy atom. The van der Waals surface area contributed by atoms with Gasteiger partial charge in [-0.3, -0.25) is 4.79 Å². The molecule has 4 nitrogen and oxygen atoms in total. The van der Waals surface area contributed by atoms with Crippen molar-refractivity contribution in [2.45, 2.75) is 37.6 Å². The van der Waals surface area contributed by atoms with Gasteiger partial charge in [-0.2, -0.15) is 0 Å². The number of ether oxygens (including phenoxy) is 1. The largest absolute Gasteiger partial charge is 0.465 e. The number of nitrogens with zero attached hydrogens (tertiary/aromatic N) is 2. The fourth-order valence-electron chi connectivity index (χ4n) is 4.90. The molecule has 0 amide bonds. The molecule has 4 heteroatoms. The van der Waals surface area contributed by atoms with E-state index in [2.05, 4.69) is 90.5 Å². The van der Waals surface area contributed by atoms with Gasteiger partial charge in [0.05, 0.1) is 24.5 Å². The first-order valence-electron chi connectivity index (χ1n) is 12.1. The summed E-state index contributed by atoms with van der Waals surface area (Å²) in [5.74, 6) is -0.0522. The molecule has 1 heterocycles. The molecule has 1 saturated carbocycles. The maximum absolute atomic E-state index is 12.5. The van der Waals surface area contributed by atoms with Crippen LogP contribution in [0.1, 0.15) is 54.5 Å². The first-order chi connectivity index (χ1) is 16.7. The molecule has 172 valence electrons. The predicted molar refractivity (Wildman–Crippen MR) is 134 cm³/mol. The van der Waals surface area contributed by atoms with Crippen LogP contribution in [0, 0.1) is 5.92 Å². The minimum atomic E-state index is -0.582. The molecule has 1 fully saturated rings. The SMILES string of the molecule is CCCCOC(=O)[C@H]1C[C@@H]1c1cn(C(c2ccccc2)(c2ccccc2)c2ccccc2)cn1. The number of esters is 1. The normalized spacial score (nSPS) is 17.3. The van der Waals surface area contributed by atoms with Gasteiger partial charge >= 0.3 is 5.97 Å². The molecule has 0 N–H and O–H groups in total. The van der Waals surface area contributed by atoms with Gasteiger partial charge in [-0.15, -0.1) is 0 Å². The molecule has 1 aromatic heterocycles. The van der Waals surface area contributed by atoms with Crippen molar-refractivity contribution < 1.29 is 9.53 Å². The average Bonchev–Trinajstić information content (AvgIpc) is 3.56. The van der Waals surface area contributed by atoms with Gasteiger partial charge in [0.2, 0.25) is 0 Å². The molecule has 0 aliphatic heterocycles. The Bertz CT molecular complexity index is 1120. The molecule has 0 radical (unpaired) electrons. The van der Waals surface area contributed by atoms with E-state index in [-0.39, 0.29) is 17.8 Å². The topological polar surface area (TPSA) is 44.1 Å². The number of unbranched alkanes of at least 4 members (excludes halogenated alkanes) is 1. The molecule has 0 unspecified atom stereocenters. The van der Waals surface area contributed by atoms with Crippen molar-refractivity contribution >= 4 is 5.97 Å². The van der Waals surface area contributed by atoms with Gasteiger partial charge in [-0.1, -0.05) is 104 Å². The lowest BCUT2D eigenvalue weighted by Crippen LogP contribution is -2.36. The summed E-state index contributed by atoms with van der Waals surface area (Å²) in [6.07, 6.45) is 6.77. The molecule has 1 aliphatic rings. The Kier molecular flexibility index (Phi) is 6.31. The maximum atomic E-state index is 12.5. The number of imidazole rings is 1. The van der Waals surface area contributed by atoms with Gasteiger partial charge in [0, 0.05) is 12.1 Å². The predicted octanol–water partition coefficient (Wildman–Crippen LogP) is 6.17. The maximum Gasteiger partial charge on any atom is 0.309 e. The van der Waals surface area contributed by atoms with Crippen LogP contribution in [-0.4, -0.2) is 22.1 Å². The first kappa shape index (κ1) is 22.1. The van der Waals surface area contributed by atoms with Gasteiger partial charge in [0.1, 0.15) is 5.54 Å². The van der Waals surface area contributed by atoms with Crippen LogP contribution < -0.4 is 0 Å². The lowest BCUT2D eigenvalue weighted by molar-refractivity contribution is -0.145. The molecular weight excluding hydrogens is 420 g/mol. The van der Waals surface area contributed by atoms with Gasteiger partial charge in [0.25, 0.3) is 0 Å². The van der Waals surface area contributed by atoms with E-state index in [1.165, 1.54) is 0 Å². The molecule has 5 rings (SSSR count). The number of hydrogen-bond acceptors (Lipinski definition) is 3. The van der Waals surface area contributed by atoms with E-state index in [0.29, 0.717) is 6.61 Å². The zero-order valence-electron chi connectivity index (χ0n) is 19.5. The summed E-state index contributed by atoms with van der Waals surface area (Å²) in [5, 5.41) is 0. The molecule has 34 heavy (non-hydrogen) atoms. The minimum Gasteiger partial charge on any atom is -0.465 e. The van der Waals surface area contributed by atoms with Crippen LogP contribution in [0.25, 0.3) is 0 Å². The average molecular weight is 451 g/mol. The number of rotatable bonds is 9. The van der Waals surface area contributed by atoms with Crippen LogP contribution in [0.4, 0.5) is 0 Å². The Hall–Kier alpha value is -3.66. The second-order valence-corrected chi connectivity index (χ2v) is 8.98. The lowest BCUT2D eigenvalue weighted by atomic mass is 9.77. The third-order valence-electron chi connectivity index (χ3n) is 6.78. The monoisotopic (exact) mass is 450 g/mol. The molecule has 0 bridgehead atoms. The molecule has 0 spiro atoms. The number of carbonyl (C=O) groups is 1. The van der Waals surface area contributed by atoms with Gasteiger partial charge < -0.3 is 9.30 Å². The van der Waals surface area contributed by atoms with Crippen molar-refractivity contribution in [1.82, 2.24) is 9.55 Å². The summed E-state index contributed by atoms with van der Waals surface area (Å²) in [6, 6.07) is 31.6. The Morgan fingerprint density at radius 2 is 1.44 bits per heavy atom. The highest BCUT2D eigenvalue weighted by atomic mass is 16.5. The Balaban J connectivity index is 1.57. The van der Waals surface area contributed by atoms with Gasteiger partial charge in [-0.25, -0.2) is 4.98 Å². The van der Waals surface area contributed by atoms with E-state index >= 15 is 0 Å². The third kappa shape index (κ3) is 4.05. The highest BCUT2D eigenvalue weighted by Crippen LogP contribution is 2.49.